The fourth-order valence-electron chi connectivity index (χ4n) is 2.66. The monoisotopic (exact) mass is 373 g/mol. The van der Waals surface area contributed by atoms with E-state index >= 15 is 0 Å². The Morgan fingerprint density at radius 3 is 2.56 bits per heavy atom. The summed E-state index contributed by atoms with van der Waals surface area (Å²) >= 11 is 0. The summed E-state index contributed by atoms with van der Waals surface area (Å²) in [7, 11) is 1.68. The number of benzene rings is 2. The average Bonchev–Trinajstić information content (AvgIpc) is 3.16. The summed E-state index contributed by atoms with van der Waals surface area (Å²) in [6.45, 7) is -0.656. The molecule has 0 bridgehead atoms. The fourth-order valence-corrected chi connectivity index (χ4v) is 2.66. The number of rotatable bonds is 6. The van der Waals surface area contributed by atoms with Gasteiger partial charge < -0.3 is 9.64 Å². The van der Waals surface area contributed by atoms with Gasteiger partial charge in [0.25, 0.3) is 5.91 Å². The van der Waals surface area contributed by atoms with E-state index < -0.39 is 6.61 Å². The molecule has 9 heteroatoms. The van der Waals surface area contributed by atoms with Crippen LogP contribution in [0.25, 0.3) is 5.69 Å². The topological polar surface area (TPSA) is 73.1 Å². The summed E-state index contributed by atoms with van der Waals surface area (Å²) in [5.74, 6) is -0.0779. The van der Waals surface area contributed by atoms with Gasteiger partial charge in [-0.05, 0) is 58.8 Å². The van der Waals surface area contributed by atoms with Crippen LogP contribution in [0.4, 0.5) is 8.78 Å². The first-order valence-electron chi connectivity index (χ1n) is 8.07. The summed E-state index contributed by atoms with van der Waals surface area (Å²) in [5.41, 5.74) is 2.97. The molecule has 27 heavy (non-hydrogen) atoms. The zero-order chi connectivity index (χ0) is 19.4. The predicted molar refractivity (Wildman–Crippen MR) is 92.8 cm³/mol. The Morgan fingerprint density at radius 2 is 1.96 bits per heavy atom. The molecule has 0 N–H and O–H groups in total. The van der Waals surface area contributed by atoms with E-state index in [-0.39, 0.29) is 11.7 Å². The van der Waals surface area contributed by atoms with Gasteiger partial charge in [-0.15, -0.1) is 5.10 Å². The maximum absolute atomic E-state index is 12.7. The zero-order valence-electron chi connectivity index (χ0n) is 14.7. The number of ether oxygens (including phenoxy) is 1. The molecular weight excluding hydrogens is 356 g/mol. The summed E-state index contributed by atoms with van der Waals surface area (Å²) in [4.78, 5) is 14.2. The van der Waals surface area contributed by atoms with Gasteiger partial charge in [0.15, 0.2) is 0 Å². The molecule has 0 saturated carbocycles. The van der Waals surface area contributed by atoms with Crippen molar-refractivity contribution in [2.24, 2.45) is 0 Å². The minimum absolute atomic E-state index is 0.0801. The molecule has 0 aliphatic carbocycles. The largest absolute Gasteiger partial charge is 0.435 e. The van der Waals surface area contributed by atoms with Crippen molar-refractivity contribution in [1.29, 1.82) is 0 Å². The van der Waals surface area contributed by atoms with Gasteiger partial charge in [-0.25, -0.2) is 4.68 Å². The molecule has 0 saturated heterocycles. The van der Waals surface area contributed by atoms with Gasteiger partial charge in [-0.2, -0.15) is 8.78 Å². The molecule has 0 aliphatic heterocycles. The van der Waals surface area contributed by atoms with E-state index in [1.807, 2.05) is 6.92 Å². The molecule has 3 rings (SSSR count). The standard InChI is InChI=1S/C18H17F2N5O2/c1-12-9-14(5-8-16(12)25-11-21-22-23-25)17(26)24(2)10-13-3-6-15(7-4-13)27-18(19)20/h3-9,11,18H,10H2,1-2H3. The van der Waals surface area contributed by atoms with Gasteiger partial charge >= 0.3 is 6.61 Å². The lowest BCUT2D eigenvalue weighted by Crippen LogP contribution is -2.26. The van der Waals surface area contributed by atoms with Gasteiger partial charge in [0.2, 0.25) is 0 Å². The Balaban J connectivity index is 1.69. The van der Waals surface area contributed by atoms with Crippen LogP contribution < -0.4 is 4.74 Å². The minimum atomic E-state index is -2.86. The number of hydrogen-bond donors (Lipinski definition) is 0. The van der Waals surface area contributed by atoms with Crippen LogP contribution in [-0.4, -0.2) is 44.7 Å². The number of tetrazole rings is 1. The number of nitrogens with zero attached hydrogens (tertiary/aromatic N) is 5. The summed E-state index contributed by atoms with van der Waals surface area (Å²) in [5, 5.41) is 11.0. The van der Waals surface area contributed by atoms with Crippen LogP contribution in [0.1, 0.15) is 21.5 Å². The number of halogens is 2. The molecule has 0 fully saturated rings. The molecule has 0 spiro atoms. The summed E-state index contributed by atoms with van der Waals surface area (Å²) in [6, 6.07) is 11.5. The summed E-state index contributed by atoms with van der Waals surface area (Å²) < 4.78 is 30.2. The van der Waals surface area contributed by atoms with E-state index in [2.05, 4.69) is 20.3 Å². The van der Waals surface area contributed by atoms with Crippen molar-refractivity contribution in [3.8, 4) is 11.4 Å². The van der Waals surface area contributed by atoms with Crippen molar-refractivity contribution in [3.63, 3.8) is 0 Å². The van der Waals surface area contributed by atoms with Gasteiger partial charge in [-0.1, -0.05) is 12.1 Å². The maximum atomic E-state index is 12.7. The normalized spacial score (nSPS) is 10.9. The number of carbonyl (C=O) groups excluding carboxylic acids is 1. The molecule has 0 radical (unpaired) electrons. The van der Waals surface area contributed by atoms with Crippen LogP contribution in [-0.2, 0) is 6.54 Å². The van der Waals surface area contributed by atoms with Crippen molar-refractivity contribution < 1.29 is 18.3 Å². The molecule has 3 aromatic rings. The molecule has 0 aliphatic rings. The van der Waals surface area contributed by atoms with Crippen molar-refractivity contribution in [1.82, 2.24) is 25.1 Å². The molecule has 2 aromatic carbocycles. The van der Waals surface area contributed by atoms with E-state index in [4.69, 9.17) is 0 Å². The number of alkyl halides is 2. The number of aromatic nitrogens is 4. The smallest absolute Gasteiger partial charge is 0.387 e. The Bertz CT molecular complexity index is 914. The third-order valence-corrected chi connectivity index (χ3v) is 3.95. The molecule has 1 heterocycles. The first-order chi connectivity index (χ1) is 12.9. The third-order valence-electron chi connectivity index (χ3n) is 3.95. The van der Waals surface area contributed by atoms with Crippen molar-refractivity contribution >= 4 is 5.91 Å². The SMILES string of the molecule is Cc1cc(C(=O)N(C)Cc2ccc(OC(F)F)cc2)ccc1-n1cnnn1. The minimum Gasteiger partial charge on any atom is -0.435 e. The second-order valence-corrected chi connectivity index (χ2v) is 5.94. The highest BCUT2D eigenvalue weighted by atomic mass is 19.3. The Kier molecular flexibility index (Phi) is 5.39. The lowest BCUT2D eigenvalue weighted by molar-refractivity contribution is -0.0498. The van der Waals surface area contributed by atoms with Crippen LogP contribution in [0.15, 0.2) is 48.8 Å². The van der Waals surface area contributed by atoms with E-state index in [0.717, 1.165) is 16.8 Å². The molecule has 0 unspecified atom stereocenters. The second-order valence-electron chi connectivity index (χ2n) is 5.94. The van der Waals surface area contributed by atoms with E-state index in [0.29, 0.717) is 12.1 Å². The van der Waals surface area contributed by atoms with Gasteiger partial charge in [-0.3, -0.25) is 4.79 Å². The van der Waals surface area contributed by atoms with Gasteiger partial charge in [0.1, 0.15) is 12.1 Å². The van der Waals surface area contributed by atoms with Crippen LogP contribution in [0.2, 0.25) is 0 Å². The Morgan fingerprint density at radius 1 is 1.22 bits per heavy atom. The highest BCUT2D eigenvalue weighted by Gasteiger charge is 2.14. The van der Waals surface area contributed by atoms with E-state index in [1.54, 1.807) is 42.3 Å². The Hall–Kier alpha value is -3.36. The lowest BCUT2D eigenvalue weighted by Gasteiger charge is -2.18. The molecule has 7 nitrogen and oxygen atoms in total. The first-order valence-corrected chi connectivity index (χ1v) is 8.07. The number of amides is 1. The molecule has 140 valence electrons. The quantitative estimate of drug-likeness (QED) is 0.664. The van der Waals surface area contributed by atoms with Crippen LogP contribution in [0.3, 0.4) is 0 Å². The number of hydrogen-bond acceptors (Lipinski definition) is 5. The molecule has 0 atom stereocenters. The predicted octanol–water partition coefficient (Wildman–Crippen LogP) is 2.84. The molecule has 1 amide bonds. The summed E-state index contributed by atoms with van der Waals surface area (Å²) in [6.07, 6.45) is 1.48. The van der Waals surface area contributed by atoms with Crippen molar-refractivity contribution in [2.75, 3.05) is 7.05 Å². The van der Waals surface area contributed by atoms with Crippen LogP contribution >= 0.6 is 0 Å². The lowest BCUT2D eigenvalue weighted by atomic mass is 10.1. The molecule has 1 aromatic heterocycles. The number of carbonyl (C=O) groups is 1. The van der Waals surface area contributed by atoms with Crippen LogP contribution in [0, 0.1) is 6.92 Å². The van der Waals surface area contributed by atoms with E-state index in [9.17, 15) is 13.6 Å². The van der Waals surface area contributed by atoms with Gasteiger partial charge in [0.05, 0.1) is 5.69 Å². The van der Waals surface area contributed by atoms with Gasteiger partial charge in [0, 0.05) is 19.2 Å². The Labute approximate surface area is 154 Å². The maximum Gasteiger partial charge on any atom is 0.387 e. The number of aryl methyl sites for hydroxylation is 1. The first kappa shape index (κ1) is 18.4. The average molecular weight is 373 g/mol. The second kappa shape index (κ2) is 7.90. The van der Waals surface area contributed by atoms with E-state index in [1.165, 1.54) is 23.1 Å². The van der Waals surface area contributed by atoms with Crippen molar-refractivity contribution in [2.45, 2.75) is 20.1 Å². The molecular formula is C18H17F2N5O2. The van der Waals surface area contributed by atoms with Crippen molar-refractivity contribution in [3.05, 3.63) is 65.5 Å². The third kappa shape index (κ3) is 4.43. The highest BCUT2D eigenvalue weighted by molar-refractivity contribution is 5.94. The highest BCUT2D eigenvalue weighted by Crippen LogP contribution is 2.18. The zero-order valence-corrected chi connectivity index (χ0v) is 14.7. The van der Waals surface area contributed by atoms with Crippen LogP contribution in [0.5, 0.6) is 5.75 Å². The fraction of sp³-hybridized carbons (Fsp3) is 0.222.